The van der Waals surface area contributed by atoms with Gasteiger partial charge in [0.15, 0.2) is 11.6 Å². The summed E-state index contributed by atoms with van der Waals surface area (Å²) in [5, 5.41) is 0. The van der Waals surface area contributed by atoms with Gasteiger partial charge in [-0.3, -0.25) is 4.79 Å². The van der Waals surface area contributed by atoms with Crippen LogP contribution in [0.5, 0.6) is 5.75 Å². The monoisotopic (exact) mass is 322 g/mol. The van der Waals surface area contributed by atoms with E-state index in [1.165, 1.54) is 13.2 Å². The van der Waals surface area contributed by atoms with Crippen molar-refractivity contribution < 1.29 is 18.7 Å². The third kappa shape index (κ3) is 3.58. The molecule has 2 saturated heterocycles. The molecule has 0 N–H and O–H groups in total. The topological polar surface area (TPSA) is 42.0 Å². The van der Waals surface area contributed by atoms with Gasteiger partial charge in [0.25, 0.3) is 0 Å². The number of piperazine rings is 1. The highest BCUT2D eigenvalue weighted by Crippen LogP contribution is 2.26. The number of nitrogens with zero attached hydrogens (tertiary/aromatic N) is 2. The molecule has 0 spiro atoms. The van der Waals surface area contributed by atoms with Crippen molar-refractivity contribution >= 4 is 11.6 Å². The van der Waals surface area contributed by atoms with E-state index in [9.17, 15) is 9.18 Å². The summed E-state index contributed by atoms with van der Waals surface area (Å²) in [6, 6.07) is 4.89. The highest BCUT2D eigenvalue weighted by atomic mass is 19.1. The number of hydrogen-bond donors (Lipinski definition) is 0. The fraction of sp³-hybridized carbons (Fsp3) is 0.588. The number of carbonyl (C=O) groups excluding carboxylic acids is 1. The SMILES string of the molecule is COc1cc(N2CCN(C(=O)[C@H]3CCCOC3)CC2)ccc1F. The molecule has 126 valence electrons. The summed E-state index contributed by atoms with van der Waals surface area (Å²) in [7, 11) is 1.46. The second kappa shape index (κ2) is 7.17. The summed E-state index contributed by atoms with van der Waals surface area (Å²) < 4.78 is 24.0. The van der Waals surface area contributed by atoms with Crippen LogP contribution >= 0.6 is 0 Å². The highest BCUT2D eigenvalue weighted by Gasteiger charge is 2.29. The molecular formula is C17H23FN2O3. The minimum Gasteiger partial charge on any atom is -0.494 e. The molecule has 2 aliphatic rings. The van der Waals surface area contributed by atoms with Crippen LogP contribution in [0.3, 0.4) is 0 Å². The summed E-state index contributed by atoms with van der Waals surface area (Å²) in [6.07, 6.45) is 1.89. The van der Waals surface area contributed by atoms with Crippen LogP contribution in [0.15, 0.2) is 18.2 Å². The van der Waals surface area contributed by atoms with Gasteiger partial charge in [0.2, 0.25) is 5.91 Å². The number of halogens is 1. The molecule has 0 aliphatic carbocycles. The summed E-state index contributed by atoms with van der Waals surface area (Å²) in [5.41, 5.74) is 0.927. The van der Waals surface area contributed by atoms with Crippen LogP contribution in [-0.2, 0) is 9.53 Å². The van der Waals surface area contributed by atoms with Gasteiger partial charge in [-0.25, -0.2) is 4.39 Å². The van der Waals surface area contributed by atoms with Crippen LogP contribution in [0.2, 0.25) is 0 Å². The number of anilines is 1. The minimum atomic E-state index is -0.359. The molecule has 23 heavy (non-hydrogen) atoms. The van der Waals surface area contributed by atoms with Gasteiger partial charge in [-0.05, 0) is 25.0 Å². The van der Waals surface area contributed by atoms with E-state index in [4.69, 9.17) is 9.47 Å². The highest BCUT2D eigenvalue weighted by molar-refractivity contribution is 5.79. The van der Waals surface area contributed by atoms with Crippen molar-refractivity contribution in [1.82, 2.24) is 4.90 Å². The van der Waals surface area contributed by atoms with Crippen LogP contribution in [0.25, 0.3) is 0 Å². The molecule has 1 atom stereocenters. The van der Waals surface area contributed by atoms with E-state index in [0.717, 1.165) is 38.2 Å². The zero-order valence-electron chi connectivity index (χ0n) is 13.5. The number of rotatable bonds is 3. The van der Waals surface area contributed by atoms with E-state index in [0.29, 0.717) is 19.7 Å². The lowest BCUT2D eigenvalue weighted by Gasteiger charge is -2.38. The Hall–Kier alpha value is -1.82. The van der Waals surface area contributed by atoms with Gasteiger partial charge in [0.1, 0.15) is 0 Å². The fourth-order valence-electron chi connectivity index (χ4n) is 3.22. The maximum absolute atomic E-state index is 13.5. The van der Waals surface area contributed by atoms with Crippen molar-refractivity contribution in [3.63, 3.8) is 0 Å². The van der Waals surface area contributed by atoms with E-state index >= 15 is 0 Å². The summed E-state index contributed by atoms with van der Waals surface area (Å²) in [6.45, 7) is 4.18. The van der Waals surface area contributed by atoms with Gasteiger partial charge in [0, 0.05) is 44.5 Å². The summed E-state index contributed by atoms with van der Waals surface area (Å²) in [4.78, 5) is 16.6. The zero-order valence-corrected chi connectivity index (χ0v) is 13.5. The molecule has 3 rings (SSSR count). The number of carbonyl (C=O) groups is 1. The third-order valence-corrected chi connectivity index (χ3v) is 4.60. The van der Waals surface area contributed by atoms with E-state index in [2.05, 4.69) is 4.90 Å². The second-order valence-corrected chi connectivity index (χ2v) is 6.05. The van der Waals surface area contributed by atoms with Crippen LogP contribution in [0, 0.1) is 11.7 Å². The third-order valence-electron chi connectivity index (χ3n) is 4.60. The molecule has 5 nitrogen and oxygen atoms in total. The number of amides is 1. The molecule has 1 aromatic carbocycles. The van der Waals surface area contributed by atoms with Crippen LogP contribution in [-0.4, -0.2) is 57.3 Å². The molecule has 0 bridgehead atoms. The molecule has 2 fully saturated rings. The lowest BCUT2D eigenvalue weighted by atomic mass is 10.0. The van der Waals surface area contributed by atoms with Crippen molar-refractivity contribution in [2.24, 2.45) is 5.92 Å². The average Bonchev–Trinajstić information content (AvgIpc) is 2.62. The van der Waals surface area contributed by atoms with Crippen molar-refractivity contribution in [1.29, 1.82) is 0 Å². The summed E-state index contributed by atoms with van der Waals surface area (Å²) in [5.74, 6) is 0.116. The Bertz CT molecular complexity index is 553. The van der Waals surface area contributed by atoms with Crippen molar-refractivity contribution in [3.05, 3.63) is 24.0 Å². The van der Waals surface area contributed by atoms with E-state index in [-0.39, 0.29) is 23.4 Å². The van der Waals surface area contributed by atoms with E-state index in [1.807, 2.05) is 4.90 Å². The quantitative estimate of drug-likeness (QED) is 0.852. The van der Waals surface area contributed by atoms with E-state index in [1.54, 1.807) is 12.1 Å². The smallest absolute Gasteiger partial charge is 0.228 e. The van der Waals surface area contributed by atoms with Gasteiger partial charge in [-0.1, -0.05) is 0 Å². The van der Waals surface area contributed by atoms with Gasteiger partial charge in [0.05, 0.1) is 19.6 Å². The first kappa shape index (κ1) is 16.1. The number of benzene rings is 1. The van der Waals surface area contributed by atoms with Gasteiger partial charge >= 0.3 is 0 Å². The molecule has 6 heteroatoms. The van der Waals surface area contributed by atoms with Crippen molar-refractivity contribution in [2.45, 2.75) is 12.8 Å². The Labute approximate surface area is 136 Å². The molecule has 1 aromatic rings. The molecule has 0 aromatic heterocycles. The minimum absolute atomic E-state index is 0.0150. The fourth-order valence-corrected chi connectivity index (χ4v) is 3.22. The predicted molar refractivity (Wildman–Crippen MR) is 85.3 cm³/mol. The molecule has 0 saturated carbocycles. The normalized spacial score (nSPS) is 22.1. The Morgan fingerprint density at radius 2 is 2.09 bits per heavy atom. The van der Waals surface area contributed by atoms with Crippen LogP contribution in [0.4, 0.5) is 10.1 Å². The lowest BCUT2D eigenvalue weighted by Crippen LogP contribution is -2.51. The first-order valence-corrected chi connectivity index (χ1v) is 8.14. The molecule has 0 unspecified atom stereocenters. The van der Waals surface area contributed by atoms with Gasteiger partial charge in [-0.15, -0.1) is 0 Å². The van der Waals surface area contributed by atoms with Crippen LogP contribution < -0.4 is 9.64 Å². The Kier molecular flexibility index (Phi) is 5.00. The lowest BCUT2D eigenvalue weighted by molar-refractivity contribution is -0.140. The molecule has 0 radical (unpaired) electrons. The molecule has 1 amide bonds. The molecule has 2 heterocycles. The van der Waals surface area contributed by atoms with Crippen LogP contribution in [0.1, 0.15) is 12.8 Å². The Morgan fingerprint density at radius 3 is 2.74 bits per heavy atom. The average molecular weight is 322 g/mol. The second-order valence-electron chi connectivity index (χ2n) is 6.05. The molecular weight excluding hydrogens is 299 g/mol. The molecule has 2 aliphatic heterocycles. The van der Waals surface area contributed by atoms with Crippen molar-refractivity contribution in [2.75, 3.05) is 51.4 Å². The predicted octanol–water partition coefficient (Wildman–Crippen LogP) is 1.91. The standard InChI is InChI=1S/C17H23FN2O3/c1-22-16-11-14(4-5-15(16)18)19-6-8-20(9-7-19)17(21)13-3-2-10-23-12-13/h4-5,11,13H,2-3,6-10,12H2,1H3/t13-/m0/s1. The van der Waals surface area contributed by atoms with Crippen molar-refractivity contribution in [3.8, 4) is 5.75 Å². The maximum atomic E-state index is 13.5. The maximum Gasteiger partial charge on any atom is 0.228 e. The number of ether oxygens (including phenoxy) is 2. The first-order valence-electron chi connectivity index (χ1n) is 8.14. The number of hydrogen-bond acceptors (Lipinski definition) is 4. The van der Waals surface area contributed by atoms with Gasteiger partial charge < -0.3 is 19.3 Å². The Morgan fingerprint density at radius 1 is 1.30 bits per heavy atom. The Balaban J connectivity index is 1.58. The zero-order chi connectivity index (χ0) is 16.2. The van der Waals surface area contributed by atoms with E-state index < -0.39 is 0 Å². The largest absolute Gasteiger partial charge is 0.494 e. The summed E-state index contributed by atoms with van der Waals surface area (Å²) >= 11 is 0. The van der Waals surface area contributed by atoms with Gasteiger partial charge in [-0.2, -0.15) is 0 Å². The number of methoxy groups -OCH3 is 1. The first-order chi connectivity index (χ1) is 11.2.